The normalized spacial score (nSPS) is 11.6. The molecule has 0 radical (unpaired) electrons. The Labute approximate surface area is 179 Å². The van der Waals surface area contributed by atoms with E-state index < -0.39 is 0 Å². The average Bonchev–Trinajstić information content (AvgIpc) is 3.31. The predicted molar refractivity (Wildman–Crippen MR) is 120 cm³/mol. The Balaban J connectivity index is 1.39. The molecular weight excluding hydrogens is 396 g/mol. The molecule has 0 saturated heterocycles. The molecule has 8 heteroatoms. The number of amides is 1. The molecule has 0 saturated carbocycles. The third kappa shape index (κ3) is 4.18. The number of carbonyl (C=O) groups excluding carboxylic acids is 1. The second-order valence-corrected chi connectivity index (χ2v) is 9.09. The molecule has 4 aromatic rings. The van der Waals surface area contributed by atoms with Gasteiger partial charge >= 0.3 is 0 Å². The predicted octanol–water partition coefficient (Wildman–Crippen LogP) is 4.37. The largest absolute Gasteiger partial charge is 0.356 e. The van der Waals surface area contributed by atoms with Gasteiger partial charge in [0.15, 0.2) is 0 Å². The summed E-state index contributed by atoms with van der Waals surface area (Å²) in [7, 11) is 1.77. The van der Waals surface area contributed by atoms with Crippen molar-refractivity contribution in [2.45, 2.75) is 32.7 Å². The molecule has 1 N–H and O–H groups in total. The number of imidazole rings is 1. The lowest BCUT2D eigenvalue weighted by Gasteiger charge is -2.17. The van der Waals surface area contributed by atoms with Crippen molar-refractivity contribution in [3.05, 3.63) is 71.8 Å². The molecule has 0 aliphatic rings. The standard InChI is InChI=1S/C22H24N6OS/c1-22(2,3)18-14-28-21(25-18)30-20(26-28)24-13-15-5-7-17(8-6-15)27(4)19(29)16-9-11-23-12-10-16/h5-12,14H,13H2,1-4H3,(H,24,26). The van der Waals surface area contributed by atoms with E-state index in [-0.39, 0.29) is 11.3 Å². The number of benzene rings is 1. The minimum absolute atomic E-state index is 0.00863. The number of aromatic nitrogens is 4. The maximum Gasteiger partial charge on any atom is 0.258 e. The van der Waals surface area contributed by atoms with Gasteiger partial charge in [-0.25, -0.2) is 9.50 Å². The highest BCUT2D eigenvalue weighted by Crippen LogP contribution is 2.26. The summed E-state index contributed by atoms with van der Waals surface area (Å²) in [4.78, 5) is 23.7. The molecule has 0 atom stereocenters. The number of carbonyl (C=O) groups is 1. The summed E-state index contributed by atoms with van der Waals surface area (Å²) in [6.45, 7) is 7.07. The third-order valence-corrected chi connectivity index (χ3v) is 5.69. The van der Waals surface area contributed by atoms with Gasteiger partial charge < -0.3 is 10.2 Å². The molecule has 154 valence electrons. The minimum atomic E-state index is -0.0657. The molecule has 0 fully saturated rings. The van der Waals surface area contributed by atoms with Crippen LogP contribution >= 0.6 is 11.3 Å². The average molecular weight is 421 g/mol. The smallest absolute Gasteiger partial charge is 0.258 e. The van der Waals surface area contributed by atoms with E-state index in [1.165, 1.54) is 11.3 Å². The van der Waals surface area contributed by atoms with Gasteiger partial charge in [0.2, 0.25) is 10.1 Å². The van der Waals surface area contributed by atoms with Gasteiger partial charge in [-0.3, -0.25) is 9.78 Å². The van der Waals surface area contributed by atoms with Crippen LogP contribution in [0.5, 0.6) is 0 Å². The van der Waals surface area contributed by atoms with Crippen LogP contribution in [0.1, 0.15) is 42.4 Å². The number of nitrogens with zero attached hydrogens (tertiary/aromatic N) is 5. The monoisotopic (exact) mass is 420 g/mol. The quantitative estimate of drug-likeness (QED) is 0.519. The molecule has 0 unspecified atom stereocenters. The van der Waals surface area contributed by atoms with Gasteiger partial charge in [0.05, 0.1) is 11.9 Å². The van der Waals surface area contributed by atoms with Crippen LogP contribution in [-0.4, -0.2) is 32.5 Å². The first-order valence-corrected chi connectivity index (χ1v) is 10.5. The van der Waals surface area contributed by atoms with Gasteiger partial charge in [0.1, 0.15) is 0 Å². The van der Waals surface area contributed by atoms with Crippen LogP contribution in [0.4, 0.5) is 10.8 Å². The highest BCUT2D eigenvalue weighted by atomic mass is 32.1. The van der Waals surface area contributed by atoms with E-state index in [4.69, 9.17) is 0 Å². The molecule has 4 rings (SSSR count). The lowest BCUT2D eigenvalue weighted by atomic mass is 9.93. The summed E-state index contributed by atoms with van der Waals surface area (Å²) in [6.07, 6.45) is 5.23. The molecule has 1 aromatic carbocycles. The zero-order chi connectivity index (χ0) is 21.3. The molecule has 0 spiro atoms. The number of hydrogen-bond acceptors (Lipinski definition) is 6. The number of fused-ring (bicyclic) bond motifs is 1. The van der Waals surface area contributed by atoms with Crippen molar-refractivity contribution in [2.75, 3.05) is 17.3 Å². The molecule has 3 heterocycles. The third-order valence-electron chi connectivity index (χ3n) is 4.81. The SMILES string of the molecule is CN(C(=O)c1ccncc1)c1ccc(CNc2nn3cc(C(C)(C)C)nc3s2)cc1. The summed E-state index contributed by atoms with van der Waals surface area (Å²) in [5, 5.41) is 8.75. The van der Waals surface area contributed by atoms with E-state index in [2.05, 4.69) is 41.2 Å². The highest BCUT2D eigenvalue weighted by molar-refractivity contribution is 7.20. The fourth-order valence-electron chi connectivity index (χ4n) is 2.95. The fraction of sp³-hybridized carbons (Fsp3) is 0.273. The lowest BCUT2D eigenvalue weighted by Crippen LogP contribution is -2.26. The van der Waals surface area contributed by atoms with Gasteiger partial charge in [-0.05, 0) is 29.8 Å². The topological polar surface area (TPSA) is 75.4 Å². The molecule has 3 aromatic heterocycles. The molecule has 0 bridgehead atoms. The van der Waals surface area contributed by atoms with Crippen LogP contribution in [-0.2, 0) is 12.0 Å². The van der Waals surface area contributed by atoms with Gasteiger partial charge in [-0.15, -0.1) is 5.10 Å². The second kappa shape index (κ2) is 7.87. The van der Waals surface area contributed by atoms with Crippen molar-refractivity contribution in [1.29, 1.82) is 0 Å². The van der Waals surface area contributed by atoms with Crippen LogP contribution in [0.15, 0.2) is 55.0 Å². The van der Waals surface area contributed by atoms with Crippen molar-refractivity contribution < 1.29 is 4.79 Å². The summed E-state index contributed by atoms with van der Waals surface area (Å²) >= 11 is 1.53. The van der Waals surface area contributed by atoms with Crippen molar-refractivity contribution in [2.24, 2.45) is 0 Å². The van der Waals surface area contributed by atoms with Gasteiger partial charge in [0, 0.05) is 42.7 Å². The van der Waals surface area contributed by atoms with Crippen LogP contribution in [0.2, 0.25) is 0 Å². The van der Waals surface area contributed by atoms with Crippen molar-refractivity contribution in [1.82, 2.24) is 19.6 Å². The number of hydrogen-bond donors (Lipinski definition) is 1. The van der Waals surface area contributed by atoms with E-state index in [0.29, 0.717) is 12.1 Å². The summed E-state index contributed by atoms with van der Waals surface area (Å²) in [5.41, 5.74) is 3.60. The first kappa shape index (κ1) is 20.0. The minimum Gasteiger partial charge on any atom is -0.356 e. The number of anilines is 2. The molecule has 0 aliphatic carbocycles. The van der Waals surface area contributed by atoms with Crippen LogP contribution < -0.4 is 10.2 Å². The molecule has 7 nitrogen and oxygen atoms in total. The van der Waals surface area contributed by atoms with Gasteiger partial charge in [-0.1, -0.05) is 44.2 Å². The van der Waals surface area contributed by atoms with Crippen LogP contribution in [0.25, 0.3) is 4.96 Å². The van der Waals surface area contributed by atoms with Crippen LogP contribution in [0.3, 0.4) is 0 Å². The maximum atomic E-state index is 12.6. The van der Waals surface area contributed by atoms with E-state index >= 15 is 0 Å². The Kier molecular flexibility index (Phi) is 5.26. The van der Waals surface area contributed by atoms with E-state index in [0.717, 1.165) is 27.0 Å². The number of pyridine rings is 1. The Bertz CT molecular complexity index is 1130. The van der Waals surface area contributed by atoms with Gasteiger partial charge in [0.25, 0.3) is 5.91 Å². The second-order valence-electron chi connectivity index (χ2n) is 8.13. The Hall–Kier alpha value is -3.26. The van der Waals surface area contributed by atoms with Crippen LogP contribution in [0, 0.1) is 0 Å². The number of nitrogens with one attached hydrogen (secondary N) is 1. The first-order valence-electron chi connectivity index (χ1n) is 9.69. The molecular formula is C22H24N6OS. The fourth-order valence-corrected chi connectivity index (χ4v) is 3.73. The summed E-state index contributed by atoms with van der Waals surface area (Å²) in [6, 6.07) is 11.3. The van der Waals surface area contributed by atoms with Crippen molar-refractivity contribution in [3.8, 4) is 0 Å². The van der Waals surface area contributed by atoms with E-state index in [1.54, 1.807) is 36.5 Å². The molecule has 0 aliphatic heterocycles. The van der Waals surface area contributed by atoms with Gasteiger partial charge in [-0.2, -0.15) is 0 Å². The summed E-state index contributed by atoms with van der Waals surface area (Å²) < 4.78 is 1.83. The number of rotatable bonds is 5. The zero-order valence-electron chi connectivity index (χ0n) is 17.5. The Morgan fingerprint density at radius 1 is 1.13 bits per heavy atom. The zero-order valence-corrected chi connectivity index (χ0v) is 18.3. The highest BCUT2D eigenvalue weighted by Gasteiger charge is 2.19. The van der Waals surface area contributed by atoms with E-state index in [1.807, 2.05) is 35.0 Å². The Morgan fingerprint density at radius 3 is 2.47 bits per heavy atom. The first-order chi connectivity index (χ1) is 14.3. The molecule has 30 heavy (non-hydrogen) atoms. The van der Waals surface area contributed by atoms with Crippen molar-refractivity contribution >= 4 is 33.0 Å². The molecule has 1 amide bonds. The van der Waals surface area contributed by atoms with Crippen molar-refractivity contribution in [3.63, 3.8) is 0 Å². The summed E-state index contributed by atoms with van der Waals surface area (Å²) in [5.74, 6) is -0.0657. The van der Waals surface area contributed by atoms with E-state index in [9.17, 15) is 4.79 Å². The Morgan fingerprint density at radius 2 is 1.83 bits per heavy atom. The lowest BCUT2D eigenvalue weighted by molar-refractivity contribution is 0.0993. The maximum absolute atomic E-state index is 12.6.